The van der Waals surface area contributed by atoms with E-state index in [1.807, 2.05) is 48.5 Å². The molecule has 1 aliphatic carbocycles. The summed E-state index contributed by atoms with van der Waals surface area (Å²) in [4.78, 5) is 27.9. The summed E-state index contributed by atoms with van der Waals surface area (Å²) in [7, 11) is 0. The molecule has 0 aliphatic heterocycles. The summed E-state index contributed by atoms with van der Waals surface area (Å²) in [5, 5.41) is 12.3. The molecule has 1 heterocycles. The lowest BCUT2D eigenvalue weighted by Crippen LogP contribution is -2.43. The molecule has 0 fully saturated rings. The number of rotatable bonds is 6. The van der Waals surface area contributed by atoms with E-state index in [1.54, 1.807) is 6.07 Å². The van der Waals surface area contributed by atoms with E-state index in [0.717, 1.165) is 22.3 Å². The summed E-state index contributed by atoms with van der Waals surface area (Å²) < 4.78 is 5.43. The van der Waals surface area contributed by atoms with Crippen LogP contribution in [0.3, 0.4) is 0 Å². The molecule has 3 aromatic rings. The minimum absolute atomic E-state index is 0.0287. The normalized spacial score (nSPS) is 13.2. The molecule has 2 aromatic carbocycles. The molecule has 0 saturated heterocycles. The molecule has 1 aromatic heterocycles. The Hall–Kier alpha value is -3.38. The Morgan fingerprint density at radius 1 is 1.07 bits per heavy atom. The van der Waals surface area contributed by atoms with Crippen molar-refractivity contribution in [2.45, 2.75) is 18.4 Å². The molecule has 0 bridgehead atoms. The van der Waals surface area contributed by atoms with E-state index in [1.165, 1.54) is 12.4 Å². The van der Waals surface area contributed by atoms with Crippen LogP contribution in [0.25, 0.3) is 11.1 Å². The van der Waals surface area contributed by atoms with Crippen molar-refractivity contribution in [2.75, 3.05) is 6.61 Å². The van der Waals surface area contributed by atoms with Crippen LogP contribution in [0.5, 0.6) is 0 Å². The van der Waals surface area contributed by atoms with Crippen molar-refractivity contribution in [1.29, 1.82) is 0 Å². The largest absolute Gasteiger partial charge is 0.480 e. The van der Waals surface area contributed by atoms with Gasteiger partial charge in [-0.2, -0.15) is 0 Å². The van der Waals surface area contributed by atoms with E-state index < -0.39 is 18.1 Å². The first-order valence-electron chi connectivity index (χ1n) is 9.47. The third-order valence-electron chi connectivity index (χ3n) is 5.21. The van der Waals surface area contributed by atoms with E-state index in [0.29, 0.717) is 10.6 Å². The number of halogens is 1. The van der Waals surface area contributed by atoms with Crippen LogP contribution in [0.15, 0.2) is 67.0 Å². The van der Waals surface area contributed by atoms with Gasteiger partial charge in [-0.05, 0) is 33.9 Å². The van der Waals surface area contributed by atoms with Crippen LogP contribution in [0.4, 0.5) is 4.79 Å². The summed E-state index contributed by atoms with van der Waals surface area (Å²) in [6.07, 6.45) is 2.20. The predicted molar refractivity (Wildman–Crippen MR) is 113 cm³/mol. The summed E-state index contributed by atoms with van der Waals surface area (Å²) in [6, 6.07) is 16.5. The number of carbonyl (C=O) groups is 2. The van der Waals surface area contributed by atoms with Crippen LogP contribution in [0.1, 0.15) is 22.6 Å². The van der Waals surface area contributed by atoms with Gasteiger partial charge >= 0.3 is 12.1 Å². The van der Waals surface area contributed by atoms with Crippen molar-refractivity contribution >= 4 is 23.7 Å². The number of benzene rings is 2. The standard InChI is InChI=1S/C23H19ClN2O4/c24-20-12-25-10-9-14(20)11-21(22(27)28)26-23(29)30-13-19-17-7-3-1-5-15(17)16-6-2-4-8-18(16)19/h1-10,12,19,21H,11,13H2,(H,26,29)(H,27,28)/t21-/m0/s1. The van der Waals surface area contributed by atoms with Crippen molar-refractivity contribution in [3.8, 4) is 11.1 Å². The summed E-state index contributed by atoms with van der Waals surface area (Å²) in [5.41, 5.74) is 5.00. The molecule has 0 radical (unpaired) electrons. The fourth-order valence-corrected chi connectivity index (χ4v) is 3.97. The number of aliphatic carboxylic acids is 1. The van der Waals surface area contributed by atoms with Crippen molar-refractivity contribution in [2.24, 2.45) is 0 Å². The number of hydrogen-bond acceptors (Lipinski definition) is 4. The van der Waals surface area contributed by atoms with Crippen LogP contribution in [0.2, 0.25) is 5.02 Å². The van der Waals surface area contributed by atoms with E-state index in [4.69, 9.17) is 16.3 Å². The zero-order valence-corrected chi connectivity index (χ0v) is 16.7. The lowest BCUT2D eigenvalue weighted by Gasteiger charge is -2.18. The van der Waals surface area contributed by atoms with E-state index in [2.05, 4.69) is 10.3 Å². The van der Waals surface area contributed by atoms with E-state index in [-0.39, 0.29) is 18.9 Å². The SMILES string of the molecule is O=C(N[C@@H](Cc1ccncc1Cl)C(=O)O)OCC1c2ccccc2-c2ccccc21. The highest BCUT2D eigenvalue weighted by Gasteiger charge is 2.29. The number of carbonyl (C=O) groups excluding carboxylic acids is 1. The van der Waals surface area contributed by atoms with Crippen LogP contribution in [-0.4, -0.2) is 34.8 Å². The molecule has 1 atom stereocenters. The van der Waals surface area contributed by atoms with Gasteiger partial charge in [0.1, 0.15) is 12.6 Å². The Balaban J connectivity index is 1.44. The highest BCUT2D eigenvalue weighted by molar-refractivity contribution is 6.31. The highest BCUT2D eigenvalue weighted by Crippen LogP contribution is 2.44. The number of carboxylic acids is 1. The molecule has 4 rings (SSSR count). The molecule has 0 saturated carbocycles. The first-order chi connectivity index (χ1) is 14.5. The molecular weight excluding hydrogens is 404 g/mol. The first-order valence-corrected chi connectivity index (χ1v) is 9.85. The number of nitrogens with one attached hydrogen (secondary N) is 1. The maximum Gasteiger partial charge on any atom is 0.407 e. The van der Waals surface area contributed by atoms with Crippen LogP contribution in [-0.2, 0) is 16.0 Å². The average Bonchev–Trinajstić information content (AvgIpc) is 3.07. The number of aromatic nitrogens is 1. The van der Waals surface area contributed by atoms with Crippen LogP contribution < -0.4 is 5.32 Å². The van der Waals surface area contributed by atoms with Gasteiger partial charge in [0.25, 0.3) is 0 Å². The van der Waals surface area contributed by atoms with Gasteiger partial charge in [0.05, 0.1) is 5.02 Å². The van der Waals surface area contributed by atoms with E-state index in [9.17, 15) is 14.7 Å². The summed E-state index contributed by atoms with van der Waals surface area (Å²) in [6.45, 7) is 0.113. The Kier molecular flexibility index (Phi) is 5.68. The number of nitrogens with zero attached hydrogens (tertiary/aromatic N) is 1. The molecule has 30 heavy (non-hydrogen) atoms. The van der Waals surface area contributed by atoms with Gasteiger partial charge in [-0.3, -0.25) is 4.98 Å². The molecular formula is C23H19ClN2O4. The second kappa shape index (κ2) is 8.55. The monoisotopic (exact) mass is 422 g/mol. The predicted octanol–water partition coefficient (Wildman–Crippen LogP) is 4.27. The van der Waals surface area contributed by atoms with Crippen molar-refractivity contribution in [1.82, 2.24) is 10.3 Å². The minimum atomic E-state index is -1.17. The van der Waals surface area contributed by atoms with Gasteiger partial charge in [0, 0.05) is 24.7 Å². The summed E-state index contributed by atoms with van der Waals surface area (Å²) >= 11 is 6.05. The van der Waals surface area contributed by atoms with Gasteiger partial charge in [0.2, 0.25) is 0 Å². The molecule has 152 valence electrons. The van der Waals surface area contributed by atoms with Crippen molar-refractivity contribution in [3.05, 3.63) is 88.7 Å². The number of ether oxygens (including phenoxy) is 1. The number of pyridine rings is 1. The number of fused-ring (bicyclic) bond motifs is 3. The zero-order valence-electron chi connectivity index (χ0n) is 15.9. The van der Waals surface area contributed by atoms with Gasteiger partial charge in [-0.25, -0.2) is 9.59 Å². The quantitative estimate of drug-likeness (QED) is 0.619. The Morgan fingerprint density at radius 3 is 2.30 bits per heavy atom. The molecule has 1 amide bonds. The second-order valence-electron chi connectivity index (χ2n) is 7.03. The van der Waals surface area contributed by atoms with Crippen LogP contribution >= 0.6 is 11.6 Å². The van der Waals surface area contributed by atoms with Gasteiger partial charge in [0.15, 0.2) is 0 Å². The zero-order chi connectivity index (χ0) is 21.1. The third kappa shape index (κ3) is 4.00. The maximum atomic E-state index is 12.4. The Labute approximate surface area is 178 Å². The minimum Gasteiger partial charge on any atom is -0.480 e. The van der Waals surface area contributed by atoms with Gasteiger partial charge in [-0.15, -0.1) is 0 Å². The molecule has 1 aliphatic rings. The van der Waals surface area contributed by atoms with Crippen molar-refractivity contribution in [3.63, 3.8) is 0 Å². The highest BCUT2D eigenvalue weighted by atomic mass is 35.5. The number of hydrogen-bond donors (Lipinski definition) is 2. The smallest absolute Gasteiger partial charge is 0.407 e. The van der Waals surface area contributed by atoms with Gasteiger partial charge < -0.3 is 15.2 Å². The molecule has 0 unspecified atom stereocenters. The number of amides is 1. The lowest BCUT2D eigenvalue weighted by atomic mass is 9.98. The molecule has 6 nitrogen and oxygen atoms in total. The Morgan fingerprint density at radius 2 is 1.70 bits per heavy atom. The third-order valence-corrected chi connectivity index (χ3v) is 5.55. The fourth-order valence-electron chi connectivity index (χ4n) is 3.77. The fraction of sp³-hybridized carbons (Fsp3) is 0.174. The molecule has 0 spiro atoms. The first kappa shape index (κ1) is 19.9. The maximum absolute atomic E-state index is 12.4. The van der Waals surface area contributed by atoms with Crippen LogP contribution in [0, 0.1) is 0 Å². The average molecular weight is 423 g/mol. The van der Waals surface area contributed by atoms with Crippen molar-refractivity contribution < 1.29 is 19.4 Å². The number of carboxylic acid groups (broad SMARTS) is 1. The summed E-state index contributed by atoms with van der Waals surface area (Å²) in [5.74, 6) is -1.27. The number of alkyl carbamates (subject to hydrolysis) is 1. The second-order valence-corrected chi connectivity index (χ2v) is 7.44. The molecule has 7 heteroatoms. The van der Waals surface area contributed by atoms with Gasteiger partial charge in [-0.1, -0.05) is 60.1 Å². The Bertz CT molecular complexity index is 1060. The van der Waals surface area contributed by atoms with E-state index >= 15 is 0 Å². The molecule has 2 N–H and O–H groups in total. The lowest BCUT2D eigenvalue weighted by molar-refractivity contribution is -0.139. The topological polar surface area (TPSA) is 88.5 Å².